The molecule has 0 bridgehead atoms. The van der Waals surface area contributed by atoms with Crippen molar-refractivity contribution in [2.24, 2.45) is 0 Å². The molecule has 0 aliphatic carbocycles. The Morgan fingerprint density at radius 3 is 2.52 bits per heavy atom. The fourth-order valence-electron chi connectivity index (χ4n) is 2.89. The Kier molecular flexibility index (Phi) is 4.57. The smallest absolute Gasteiger partial charge is 0.264 e. The molecule has 0 aliphatic heterocycles. The van der Waals surface area contributed by atoms with Gasteiger partial charge in [0.2, 0.25) is 5.95 Å². The van der Waals surface area contributed by atoms with Crippen LogP contribution in [0.1, 0.15) is 41.9 Å². The Hall–Kier alpha value is -2.70. The van der Waals surface area contributed by atoms with Gasteiger partial charge in [-0.3, -0.25) is 0 Å². The summed E-state index contributed by atoms with van der Waals surface area (Å²) in [6.07, 6.45) is -1.19. The number of pyridine rings is 1. The molecule has 1 unspecified atom stereocenters. The monoisotopic (exact) mass is 346 g/mol. The second-order valence-electron chi connectivity index (χ2n) is 5.87. The standard InChI is InChI=1S/C18H17F3N4/c1-9-12(5-4-6-13(9)17(20)21)10(2)23-18-14-7-16(19)22-8-15(14)24-11(3)25-18/h4-8,10,17H,1-3H3,(H,23,24,25). The maximum absolute atomic E-state index is 13.5. The molecule has 1 aromatic carbocycles. The van der Waals surface area contributed by atoms with Crippen LogP contribution in [0.4, 0.5) is 19.0 Å². The SMILES string of the molecule is Cc1nc(NC(C)c2cccc(C(F)F)c2C)c2cc(F)ncc2n1. The lowest BCUT2D eigenvalue weighted by Gasteiger charge is -2.20. The van der Waals surface area contributed by atoms with Gasteiger partial charge in [0.1, 0.15) is 11.6 Å². The topological polar surface area (TPSA) is 50.7 Å². The fraction of sp³-hybridized carbons (Fsp3) is 0.278. The lowest BCUT2D eigenvalue weighted by Crippen LogP contribution is -2.12. The first-order valence-corrected chi connectivity index (χ1v) is 7.81. The summed E-state index contributed by atoms with van der Waals surface area (Å²) in [6.45, 7) is 5.24. The number of hydrogen-bond acceptors (Lipinski definition) is 4. The number of hydrogen-bond donors (Lipinski definition) is 1. The first-order valence-electron chi connectivity index (χ1n) is 7.81. The molecule has 2 aromatic heterocycles. The van der Waals surface area contributed by atoms with Crippen LogP contribution in [0, 0.1) is 19.8 Å². The molecule has 4 nitrogen and oxygen atoms in total. The van der Waals surface area contributed by atoms with Crippen LogP contribution in [0.25, 0.3) is 10.9 Å². The number of rotatable bonds is 4. The van der Waals surface area contributed by atoms with Gasteiger partial charge in [0.15, 0.2) is 0 Å². The molecule has 0 aliphatic rings. The molecule has 0 saturated heterocycles. The molecule has 3 rings (SSSR count). The third kappa shape index (κ3) is 3.40. The van der Waals surface area contributed by atoms with Gasteiger partial charge in [-0.15, -0.1) is 0 Å². The highest BCUT2D eigenvalue weighted by Crippen LogP contribution is 2.30. The van der Waals surface area contributed by atoms with E-state index in [1.54, 1.807) is 26.0 Å². The van der Waals surface area contributed by atoms with Gasteiger partial charge < -0.3 is 5.32 Å². The predicted molar refractivity (Wildman–Crippen MR) is 90.2 cm³/mol. The van der Waals surface area contributed by atoms with E-state index in [4.69, 9.17) is 0 Å². The molecule has 2 heterocycles. The van der Waals surface area contributed by atoms with Gasteiger partial charge in [-0.2, -0.15) is 4.39 Å². The minimum Gasteiger partial charge on any atom is -0.363 e. The highest BCUT2D eigenvalue weighted by Gasteiger charge is 2.17. The largest absolute Gasteiger partial charge is 0.363 e. The summed E-state index contributed by atoms with van der Waals surface area (Å²) in [5.74, 6) is 0.318. The normalized spacial score (nSPS) is 12.6. The Balaban J connectivity index is 2.02. The number of halogens is 3. The number of aryl methyl sites for hydroxylation is 1. The van der Waals surface area contributed by atoms with Crippen LogP contribution in [0.15, 0.2) is 30.5 Å². The van der Waals surface area contributed by atoms with E-state index in [2.05, 4.69) is 20.3 Å². The van der Waals surface area contributed by atoms with Gasteiger partial charge in [-0.05, 0) is 31.9 Å². The summed E-state index contributed by atoms with van der Waals surface area (Å²) in [7, 11) is 0. The average molecular weight is 346 g/mol. The van der Waals surface area contributed by atoms with Crippen molar-refractivity contribution < 1.29 is 13.2 Å². The van der Waals surface area contributed by atoms with E-state index in [1.165, 1.54) is 18.3 Å². The van der Waals surface area contributed by atoms with Gasteiger partial charge in [0, 0.05) is 17.0 Å². The molecule has 0 saturated carbocycles. The lowest BCUT2D eigenvalue weighted by molar-refractivity contribution is 0.150. The number of benzene rings is 1. The zero-order valence-corrected chi connectivity index (χ0v) is 14.0. The third-order valence-corrected chi connectivity index (χ3v) is 4.13. The van der Waals surface area contributed by atoms with Crippen molar-refractivity contribution in [2.45, 2.75) is 33.2 Å². The highest BCUT2D eigenvalue weighted by atomic mass is 19.3. The van der Waals surface area contributed by atoms with E-state index in [1.807, 2.05) is 6.92 Å². The minimum absolute atomic E-state index is 0.00474. The molecule has 0 fully saturated rings. The number of nitrogens with one attached hydrogen (secondary N) is 1. The average Bonchev–Trinajstić information content (AvgIpc) is 2.55. The van der Waals surface area contributed by atoms with Crippen LogP contribution in [-0.2, 0) is 0 Å². The van der Waals surface area contributed by atoms with Crippen LogP contribution < -0.4 is 5.32 Å². The second kappa shape index (κ2) is 6.66. The minimum atomic E-state index is -2.53. The molecular formula is C18H17F3N4. The summed E-state index contributed by atoms with van der Waals surface area (Å²) in [5, 5.41) is 3.68. The fourth-order valence-corrected chi connectivity index (χ4v) is 2.89. The summed E-state index contributed by atoms with van der Waals surface area (Å²) in [4.78, 5) is 12.2. The number of alkyl halides is 2. The molecule has 25 heavy (non-hydrogen) atoms. The van der Waals surface area contributed by atoms with E-state index in [0.717, 1.165) is 5.56 Å². The van der Waals surface area contributed by atoms with E-state index in [0.29, 0.717) is 28.1 Å². The van der Waals surface area contributed by atoms with Crippen molar-refractivity contribution in [3.63, 3.8) is 0 Å². The third-order valence-electron chi connectivity index (χ3n) is 4.13. The van der Waals surface area contributed by atoms with Gasteiger partial charge in [0.05, 0.1) is 17.8 Å². The first kappa shape index (κ1) is 17.1. The number of nitrogens with zero attached hydrogens (tertiary/aromatic N) is 3. The molecular weight excluding hydrogens is 329 g/mol. The maximum atomic E-state index is 13.5. The van der Waals surface area contributed by atoms with Gasteiger partial charge in [-0.25, -0.2) is 23.7 Å². The van der Waals surface area contributed by atoms with Gasteiger partial charge in [0.25, 0.3) is 6.43 Å². The van der Waals surface area contributed by atoms with Crippen molar-refractivity contribution in [1.82, 2.24) is 15.0 Å². The summed E-state index contributed by atoms with van der Waals surface area (Å²) in [6, 6.07) is 5.77. The predicted octanol–water partition coefficient (Wildman–Crippen LogP) is 4.89. The highest BCUT2D eigenvalue weighted by molar-refractivity contribution is 5.88. The van der Waals surface area contributed by atoms with Crippen LogP contribution >= 0.6 is 0 Å². The van der Waals surface area contributed by atoms with Crippen molar-refractivity contribution in [2.75, 3.05) is 5.32 Å². The number of fused-ring (bicyclic) bond motifs is 1. The lowest BCUT2D eigenvalue weighted by atomic mass is 9.97. The Morgan fingerprint density at radius 1 is 1.08 bits per heavy atom. The molecule has 1 N–H and O–H groups in total. The number of aromatic nitrogens is 3. The summed E-state index contributed by atoms with van der Waals surface area (Å²) < 4.78 is 39.7. The van der Waals surface area contributed by atoms with Crippen LogP contribution in [0.3, 0.4) is 0 Å². The summed E-state index contributed by atoms with van der Waals surface area (Å²) >= 11 is 0. The first-order chi connectivity index (χ1) is 11.9. The molecule has 0 spiro atoms. The number of anilines is 1. The second-order valence-corrected chi connectivity index (χ2v) is 5.87. The summed E-state index contributed by atoms with van der Waals surface area (Å²) in [5.41, 5.74) is 1.78. The van der Waals surface area contributed by atoms with Crippen molar-refractivity contribution in [1.29, 1.82) is 0 Å². The quantitative estimate of drug-likeness (QED) is 0.683. The van der Waals surface area contributed by atoms with E-state index in [-0.39, 0.29) is 11.6 Å². The molecule has 130 valence electrons. The Morgan fingerprint density at radius 2 is 1.80 bits per heavy atom. The van der Waals surface area contributed by atoms with E-state index >= 15 is 0 Å². The van der Waals surface area contributed by atoms with Gasteiger partial charge in [-0.1, -0.05) is 18.2 Å². The molecule has 7 heteroatoms. The Labute approximate surface area is 143 Å². The maximum Gasteiger partial charge on any atom is 0.264 e. The molecule has 0 radical (unpaired) electrons. The van der Waals surface area contributed by atoms with Crippen molar-refractivity contribution >= 4 is 16.7 Å². The molecule has 0 amide bonds. The van der Waals surface area contributed by atoms with E-state index < -0.39 is 12.4 Å². The van der Waals surface area contributed by atoms with Crippen LogP contribution in [0.5, 0.6) is 0 Å². The zero-order chi connectivity index (χ0) is 18.1. The molecule has 1 atom stereocenters. The van der Waals surface area contributed by atoms with Crippen molar-refractivity contribution in [3.8, 4) is 0 Å². The molecule has 3 aromatic rings. The Bertz CT molecular complexity index is 928. The zero-order valence-electron chi connectivity index (χ0n) is 14.0. The van der Waals surface area contributed by atoms with Crippen LogP contribution in [-0.4, -0.2) is 15.0 Å². The van der Waals surface area contributed by atoms with Gasteiger partial charge >= 0.3 is 0 Å². The van der Waals surface area contributed by atoms with Crippen molar-refractivity contribution in [3.05, 3.63) is 58.9 Å². The van der Waals surface area contributed by atoms with Crippen LogP contribution in [0.2, 0.25) is 0 Å². The van der Waals surface area contributed by atoms with E-state index in [9.17, 15) is 13.2 Å².